The van der Waals surface area contributed by atoms with Gasteiger partial charge in [-0.3, -0.25) is 4.79 Å². The molecule has 3 aromatic rings. The van der Waals surface area contributed by atoms with Crippen LogP contribution in [0.5, 0.6) is 0 Å². The number of carbonyl (C=O) groups excluding carboxylic acids is 1. The summed E-state index contributed by atoms with van der Waals surface area (Å²) in [6.45, 7) is 7.84. The number of Topliss-reactive ketones (excluding diaryl/α,β-unsaturated/α-hetero) is 1. The molecule has 0 N–H and O–H groups in total. The van der Waals surface area contributed by atoms with Gasteiger partial charge in [-0.25, -0.2) is 12.8 Å². The number of nitrogens with zero attached hydrogens (tertiary/aromatic N) is 4. The number of aromatic nitrogens is 4. The lowest BCUT2D eigenvalue weighted by Gasteiger charge is -2.11. The van der Waals surface area contributed by atoms with Crippen LogP contribution in [0.4, 0.5) is 4.39 Å². The highest BCUT2D eigenvalue weighted by molar-refractivity contribution is 7.99. The highest BCUT2D eigenvalue weighted by Crippen LogP contribution is 2.31. The number of hydrogen-bond acceptors (Lipinski definition) is 6. The molecule has 1 aromatic carbocycles. The Morgan fingerprint density at radius 1 is 1.30 bits per heavy atom. The van der Waals surface area contributed by atoms with Crippen molar-refractivity contribution in [3.05, 3.63) is 71.6 Å². The molecule has 1 aliphatic rings. The van der Waals surface area contributed by atoms with E-state index in [1.54, 1.807) is 41.8 Å². The molecule has 0 spiro atoms. The third-order valence-corrected chi connectivity index (χ3v) is 8.55. The average Bonchev–Trinajstić information content (AvgIpc) is 3.42. The number of hydrogen-bond donors (Lipinski definition) is 0. The van der Waals surface area contributed by atoms with E-state index in [9.17, 15) is 17.6 Å². The minimum absolute atomic E-state index is 0.0634. The van der Waals surface area contributed by atoms with Crippen molar-refractivity contribution < 1.29 is 17.6 Å². The van der Waals surface area contributed by atoms with Gasteiger partial charge >= 0.3 is 0 Å². The van der Waals surface area contributed by atoms with E-state index in [2.05, 4.69) is 16.8 Å². The number of para-hydroxylation sites is 1. The summed E-state index contributed by atoms with van der Waals surface area (Å²) in [7, 11) is -3.06. The monoisotopic (exact) mass is 488 g/mol. The maximum atomic E-state index is 14.3. The highest BCUT2D eigenvalue weighted by atomic mass is 32.2. The van der Waals surface area contributed by atoms with Gasteiger partial charge in [0.25, 0.3) is 0 Å². The van der Waals surface area contributed by atoms with Crippen molar-refractivity contribution in [1.82, 2.24) is 19.3 Å². The van der Waals surface area contributed by atoms with E-state index in [0.29, 0.717) is 40.9 Å². The largest absolute Gasteiger partial charge is 0.315 e. The predicted octanol–water partition coefficient (Wildman–Crippen LogP) is 3.89. The predicted molar refractivity (Wildman–Crippen MR) is 126 cm³/mol. The van der Waals surface area contributed by atoms with Gasteiger partial charge in [-0.2, -0.15) is 0 Å². The average molecular weight is 489 g/mol. The molecule has 0 unspecified atom stereocenters. The Kier molecular flexibility index (Phi) is 6.58. The summed E-state index contributed by atoms with van der Waals surface area (Å²) in [5, 5.41) is 9.01. The molecule has 10 heteroatoms. The lowest BCUT2D eigenvalue weighted by atomic mass is 10.1. The van der Waals surface area contributed by atoms with Crippen molar-refractivity contribution in [3.8, 4) is 5.69 Å². The summed E-state index contributed by atoms with van der Waals surface area (Å²) in [6.07, 6.45) is 2.22. The molecule has 0 amide bonds. The van der Waals surface area contributed by atoms with Crippen molar-refractivity contribution in [2.45, 2.75) is 37.9 Å². The Bertz CT molecular complexity index is 1330. The summed E-state index contributed by atoms with van der Waals surface area (Å²) in [5.74, 6) is 0.293. The molecule has 1 aliphatic heterocycles. The Morgan fingerprint density at radius 2 is 2.06 bits per heavy atom. The van der Waals surface area contributed by atoms with Crippen LogP contribution >= 0.6 is 11.8 Å². The topological polar surface area (TPSA) is 86.8 Å². The molecule has 1 saturated heterocycles. The van der Waals surface area contributed by atoms with Crippen LogP contribution in [-0.2, 0) is 16.4 Å². The van der Waals surface area contributed by atoms with Crippen molar-refractivity contribution in [2.75, 3.05) is 17.3 Å². The van der Waals surface area contributed by atoms with Gasteiger partial charge in [0.15, 0.2) is 20.8 Å². The van der Waals surface area contributed by atoms with E-state index >= 15 is 0 Å². The summed E-state index contributed by atoms with van der Waals surface area (Å²) in [4.78, 5) is 13.1. The third-order valence-electron chi connectivity index (χ3n) is 5.81. The molecule has 4 rings (SSSR count). The van der Waals surface area contributed by atoms with Gasteiger partial charge in [-0.1, -0.05) is 30.0 Å². The third kappa shape index (κ3) is 4.67. The second kappa shape index (κ2) is 9.26. The number of sulfone groups is 1. The van der Waals surface area contributed by atoms with E-state index in [4.69, 9.17) is 0 Å². The number of halogens is 1. The summed E-state index contributed by atoms with van der Waals surface area (Å²) < 4.78 is 41.7. The van der Waals surface area contributed by atoms with Crippen LogP contribution < -0.4 is 0 Å². The molecule has 174 valence electrons. The Hall–Kier alpha value is -2.72. The maximum Gasteiger partial charge on any atom is 0.191 e. The molecule has 3 heterocycles. The highest BCUT2D eigenvalue weighted by Gasteiger charge is 2.33. The molecule has 0 bridgehead atoms. The SMILES string of the molecule is C=CCn1c(SCC(=O)c2cc(C)n(-c3ccccc3F)c2C)nnc1[C@@H]1CCS(=O)(=O)C1. The van der Waals surface area contributed by atoms with E-state index in [-0.39, 0.29) is 34.8 Å². The van der Waals surface area contributed by atoms with Gasteiger partial charge in [-0.05, 0) is 38.5 Å². The number of rotatable bonds is 8. The fourth-order valence-corrected chi connectivity index (χ4v) is 6.84. The van der Waals surface area contributed by atoms with Gasteiger partial charge in [0.2, 0.25) is 0 Å². The van der Waals surface area contributed by atoms with Crippen LogP contribution in [0.2, 0.25) is 0 Å². The zero-order valence-corrected chi connectivity index (χ0v) is 20.1. The maximum absolute atomic E-state index is 14.3. The number of carbonyl (C=O) groups is 1. The number of aryl methyl sites for hydroxylation is 1. The number of benzene rings is 1. The molecular formula is C23H25FN4O3S2. The molecule has 7 nitrogen and oxygen atoms in total. The normalized spacial score (nSPS) is 17.4. The van der Waals surface area contributed by atoms with Crippen LogP contribution in [0, 0.1) is 19.7 Å². The van der Waals surface area contributed by atoms with E-state index in [1.807, 2.05) is 11.5 Å². The van der Waals surface area contributed by atoms with Gasteiger partial charge < -0.3 is 9.13 Å². The summed E-state index contributed by atoms with van der Waals surface area (Å²) >= 11 is 1.25. The van der Waals surface area contributed by atoms with E-state index in [0.717, 1.165) is 5.69 Å². The minimum atomic E-state index is -3.06. The fourth-order valence-electron chi connectivity index (χ4n) is 4.26. The summed E-state index contributed by atoms with van der Waals surface area (Å²) in [5.41, 5.74) is 2.37. The first kappa shape index (κ1) is 23.4. The van der Waals surface area contributed by atoms with Crippen molar-refractivity contribution in [1.29, 1.82) is 0 Å². The smallest absolute Gasteiger partial charge is 0.191 e. The number of allylic oxidation sites excluding steroid dienone is 1. The molecule has 0 aliphatic carbocycles. The quantitative estimate of drug-likeness (QED) is 0.272. The molecular weight excluding hydrogens is 463 g/mol. The second-order valence-electron chi connectivity index (χ2n) is 8.12. The lowest BCUT2D eigenvalue weighted by Crippen LogP contribution is -2.12. The fraction of sp³-hybridized carbons (Fsp3) is 0.348. The van der Waals surface area contributed by atoms with Crippen molar-refractivity contribution in [2.24, 2.45) is 0 Å². The Balaban J connectivity index is 1.55. The number of ketones is 1. The zero-order valence-electron chi connectivity index (χ0n) is 18.5. The van der Waals surface area contributed by atoms with Crippen LogP contribution in [0.1, 0.15) is 39.9 Å². The van der Waals surface area contributed by atoms with Gasteiger partial charge in [0.05, 0.1) is 22.9 Å². The van der Waals surface area contributed by atoms with Crippen molar-refractivity contribution in [3.63, 3.8) is 0 Å². The lowest BCUT2D eigenvalue weighted by molar-refractivity contribution is 0.102. The first-order chi connectivity index (χ1) is 15.7. The first-order valence-electron chi connectivity index (χ1n) is 10.6. The van der Waals surface area contributed by atoms with Crippen LogP contribution in [0.25, 0.3) is 5.69 Å². The molecule has 2 aromatic heterocycles. The minimum Gasteiger partial charge on any atom is -0.315 e. The number of thioether (sulfide) groups is 1. The standard InChI is InChI=1S/C23H25FN4O3S2/c1-4-10-27-22(17-9-11-33(30,31)14-17)25-26-23(27)32-13-21(29)18-12-15(2)28(16(18)3)20-8-6-5-7-19(20)24/h4-8,12,17H,1,9-11,13-14H2,2-3H3/t17-/m1/s1. The Morgan fingerprint density at radius 3 is 2.73 bits per heavy atom. The van der Waals surface area contributed by atoms with Crippen LogP contribution in [0.15, 0.2) is 48.1 Å². The molecule has 0 saturated carbocycles. The van der Waals surface area contributed by atoms with Gasteiger partial charge in [-0.15, -0.1) is 16.8 Å². The van der Waals surface area contributed by atoms with Gasteiger partial charge in [0.1, 0.15) is 11.6 Å². The van der Waals surface area contributed by atoms with Crippen molar-refractivity contribution >= 4 is 27.4 Å². The molecule has 0 radical (unpaired) electrons. The Labute approximate surface area is 196 Å². The zero-order chi connectivity index (χ0) is 23.8. The van der Waals surface area contributed by atoms with Crippen LogP contribution in [0.3, 0.4) is 0 Å². The van der Waals surface area contributed by atoms with Crippen LogP contribution in [-0.4, -0.2) is 50.8 Å². The van der Waals surface area contributed by atoms with Gasteiger partial charge in [0, 0.05) is 29.4 Å². The van der Waals surface area contributed by atoms with E-state index < -0.39 is 9.84 Å². The first-order valence-corrected chi connectivity index (χ1v) is 13.4. The molecule has 1 atom stereocenters. The molecule has 33 heavy (non-hydrogen) atoms. The van der Waals surface area contributed by atoms with E-state index in [1.165, 1.54) is 17.8 Å². The second-order valence-corrected chi connectivity index (χ2v) is 11.3. The molecule has 1 fully saturated rings. The summed E-state index contributed by atoms with van der Waals surface area (Å²) in [6, 6.07) is 8.23.